The standard InChI is InChI=1S/C24H25NO3/c1-19-8-7-11-20(16-19)14-15-25-24(26)18-28-23-13-6-5-12-22(23)27-17-21-9-3-2-4-10-21/h2-13,16H,14-15,17-18H2,1H3,(H,25,26). The zero-order chi connectivity index (χ0) is 19.6. The fourth-order valence-corrected chi connectivity index (χ4v) is 2.83. The van der Waals surface area contributed by atoms with Gasteiger partial charge in [-0.3, -0.25) is 4.79 Å². The van der Waals surface area contributed by atoms with Crippen LogP contribution in [0.25, 0.3) is 0 Å². The van der Waals surface area contributed by atoms with Gasteiger partial charge in [0, 0.05) is 6.54 Å². The van der Waals surface area contributed by atoms with E-state index in [0.717, 1.165) is 12.0 Å². The Hall–Kier alpha value is -3.27. The summed E-state index contributed by atoms with van der Waals surface area (Å²) in [5.41, 5.74) is 3.51. The number of nitrogens with one attached hydrogen (secondary N) is 1. The van der Waals surface area contributed by atoms with Crippen LogP contribution in [-0.2, 0) is 17.8 Å². The second-order valence-corrected chi connectivity index (χ2v) is 6.60. The van der Waals surface area contributed by atoms with E-state index in [9.17, 15) is 4.79 Å². The molecule has 0 heterocycles. The summed E-state index contributed by atoms with van der Waals surface area (Å²) in [4.78, 5) is 12.1. The average Bonchev–Trinajstić information content (AvgIpc) is 2.72. The van der Waals surface area contributed by atoms with Crippen LogP contribution in [0.4, 0.5) is 0 Å². The molecule has 28 heavy (non-hydrogen) atoms. The maximum atomic E-state index is 12.1. The van der Waals surface area contributed by atoms with Gasteiger partial charge in [0.05, 0.1) is 0 Å². The highest BCUT2D eigenvalue weighted by Crippen LogP contribution is 2.27. The molecule has 0 atom stereocenters. The lowest BCUT2D eigenvalue weighted by molar-refractivity contribution is -0.123. The van der Waals surface area contributed by atoms with Crippen LogP contribution in [-0.4, -0.2) is 19.1 Å². The highest BCUT2D eigenvalue weighted by atomic mass is 16.5. The summed E-state index contributed by atoms with van der Waals surface area (Å²) in [6, 6.07) is 25.6. The van der Waals surface area contributed by atoms with E-state index in [2.05, 4.69) is 30.4 Å². The molecule has 1 amide bonds. The SMILES string of the molecule is Cc1cccc(CCNC(=O)COc2ccccc2OCc2ccccc2)c1. The van der Waals surface area contributed by atoms with E-state index < -0.39 is 0 Å². The van der Waals surface area contributed by atoms with E-state index in [-0.39, 0.29) is 12.5 Å². The molecule has 3 aromatic rings. The quantitative estimate of drug-likeness (QED) is 0.606. The Morgan fingerprint density at radius 1 is 0.821 bits per heavy atom. The molecule has 0 aliphatic heterocycles. The first-order chi connectivity index (χ1) is 13.7. The minimum atomic E-state index is -0.148. The van der Waals surface area contributed by atoms with Gasteiger partial charge >= 0.3 is 0 Å². The minimum absolute atomic E-state index is 0.0421. The molecule has 0 saturated heterocycles. The van der Waals surface area contributed by atoms with Crippen molar-refractivity contribution in [2.45, 2.75) is 20.0 Å². The van der Waals surface area contributed by atoms with Crippen LogP contribution in [0.15, 0.2) is 78.9 Å². The topological polar surface area (TPSA) is 47.6 Å². The zero-order valence-electron chi connectivity index (χ0n) is 16.1. The van der Waals surface area contributed by atoms with Gasteiger partial charge in [-0.05, 0) is 36.6 Å². The second-order valence-electron chi connectivity index (χ2n) is 6.60. The fourth-order valence-electron chi connectivity index (χ4n) is 2.83. The van der Waals surface area contributed by atoms with Gasteiger partial charge in [-0.1, -0.05) is 72.3 Å². The molecule has 0 radical (unpaired) electrons. The third-order valence-electron chi connectivity index (χ3n) is 4.26. The van der Waals surface area contributed by atoms with Crippen LogP contribution in [0, 0.1) is 6.92 Å². The van der Waals surface area contributed by atoms with E-state index >= 15 is 0 Å². The molecular weight excluding hydrogens is 350 g/mol. The number of carbonyl (C=O) groups excluding carboxylic acids is 1. The van der Waals surface area contributed by atoms with E-state index in [1.807, 2.05) is 54.6 Å². The average molecular weight is 375 g/mol. The van der Waals surface area contributed by atoms with Crippen LogP contribution >= 0.6 is 0 Å². The Morgan fingerprint density at radius 3 is 2.25 bits per heavy atom. The molecule has 0 aliphatic carbocycles. The van der Waals surface area contributed by atoms with Gasteiger partial charge in [-0.15, -0.1) is 0 Å². The van der Waals surface area contributed by atoms with Gasteiger partial charge in [-0.2, -0.15) is 0 Å². The third-order valence-corrected chi connectivity index (χ3v) is 4.26. The number of carbonyl (C=O) groups is 1. The van der Waals surface area contributed by atoms with Crippen molar-refractivity contribution in [1.82, 2.24) is 5.32 Å². The summed E-state index contributed by atoms with van der Waals surface area (Å²) in [5.74, 6) is 1.04. The maximum Gasteiger partial charge on any atom is 0.257 e. The molecule has 144 valence electrons. The number of benzene rings is 3. The van der Waals surface area contributed by atoms with Crippen molar-refractivity contribution >= 4 is 5.91 Å². The van der Waals surface area contributed by atoms with Gasteiger partial charge < -0.3 is 14.8 Å². The predicted molar refractivity (Wildman–Crippen MR) is 111 cm³/mol. The lowest BCUT2D eigenvalue weighted by atomic mass is 10.1. The number of hydrogen-bond acceptors (Lipinski definition) is 3. The monoisotopic (exact) mass is 375 g/mol. The third kappa shape index (κ3) is 6.16. The largest absolute Gasteiger partial charge is 0.485 e. The van der Waals surface area contributed by atoms with E-state index in [4.69, 9.17) is 9.47 Å². The van der Waals surface area contributed by atoms with Crippen molar-refractivity contribution in [2.24, 2.45) is 0 Å². The van der Waals surface area contributed by atoms with E-state index in [0.29, 0.717) is 24.7 Å². The van der Waals surface area contributed by atoms with Crippen LogP contribution in [0.2, 0.25) is 0 Å². The first-order valence-corrected chi connectivity index (χ1v) is 9.41. The molecule has 4 nitrogen and oxygen atoms in total. The molecule has 0 aromatic heterocycles. The van der Waals surface area contributed by atoms with Gasteiger partial charge in [0.2, 0.25) is 0 Å². The van der Waals surface area contributed by atoms with Crippen LogP contribution in [0.3, 0.4) is 0 Å². The Morgan fingerprint density at radius 2 is 1.50 bits per heavy atom. The van der Waals surface area contributed by atoms with Crippen molar-refractivity contribution in [3.05, 3.63) is 95.6 Å². The smallest absolute Gasteiger partial charge is 0.257 e. The maximum absolute atomic E-state index is 12.1. The lowest BCUT2D eigenvalue weighted by Crippen LogP contribution is -2.30. The molecule has 0 spiro atoms. The van der Waals surface area contributed by atoms with Gasteiger partial charge in [-0.25, -0.2) is 0 Å². The molecule has 4 heteroatoms. The molecule has 0 unspecified atom stereocenters. The second kappa shape index (κ2) is 10.2. The van der Waals surface area contributed by atoms with E-state index in [1.165, 1.54) is 11.1 Å². The number of amides is 1. The van der Waals surface area contributed by atoms with Crippen molar-refractivity contribution in [2.75, 3.05) is 13.2 Å². The summed E-state index contributed by atoms with van der Waals surface area (Å²) in [6.07, 6.45) is 0.796. The van der Waals surface area contributed by atoms with Gasteiger partial charge in [0.1, 0.15) is 6.61 Å². The van der Waals surface area contributed by atoms with Crippen molar-refractivity contribution in [3.8, 4) is 11.5 Å². The van der Waals surface area contributed by atoms with Crippen LogP contribution < -0.4 is 14.8 Å². The minimum Gasteiger partial charge on any atom is -0.485 e. The first-order valence-electron chi connectivity index (χ1n) is 9.41. The zero-order valence-corrected chi connectivity index (χ0v) is 16.1. The van der Waals surface area contributed by atoms with Crippen molar-refractivity contribution in [1.29, 1.82) is 0 Å². The molecule has 1 N–H and O–H groups in total. The van der Waals surface area contributed by atoms with Crippen LogP contribution in [0.1, 0.15) is 16.7 Å². The number of rotatable bonds is 9. The number of para-hydroxylation sites is 2. The molecule has 0 aliphatic rings. The molecule has 3 aromatic carbocycles. The lowest BCUT2D eigenvalue weighted by Gasteiger charge is -2.13. The number of ether oxygens (including phenoxy) is 2. The van der Waals surface area contributed by atoms with Gasteiger partial charge in [0.15, 0.2) is 18.1 Å². The van der Waals surface area contributed by atoms with Crippen molar-refractivity contribution in [3.63, 3.8) is 0 Å². The Labute approximate surface area is 166 Å². The molecule has 0 saturated carbocycles. The summed E-state index contributed by atoms with van der Waals surface area (Å²) in [6.45, 7) is 3.05. The van der Waals surface area contributed by atoms with E-state index in [1.54, 1.807) is 6.07 Å². The van der Waals surface area contributed by atoms with Crippen molar-refractivity contribution < 1.29 is 14.3 Å². The molecular formula is C24H25NO3. The Bertz CT molecular complexity index is 893. The highest BCUT2D eigenvalue weighted by Gasteiger charge is 2.08. The summed E-state index contributed by atoms with van der Waals surface area (Å²) in [5, 5.41) is 2.89. The normalized spacial score (nSPS) is 10.3. The van der Waals surface area contributed by atoms with Crippen LogP contribution in [0.5, 0.6) is 11.5 Å². The first kappa shape index (κ1) is 19.5. The fraction of sp³-hybridized carbons (Fsp3) is 0.208. The molecule has 3 rings (SSSR count). The Kier molecular flexibility index (Phi) is 7.08. The summed E-state index contributed by atoms with van der Waals surface area (Å²) in [7, 11) is 0. The Balaban J connectivity index is 1.45. The highest BCUT2D eigenvalue weighted by molar-refractivity contribution is 5.77. The molecule has 0 fully saturated rings. The van der Waals surface area contributed by atoms with Gasteiger partial charge in [0.25, 0.3) is 5.91 Å². The number of hydrogen-bond donors (Lipinski definition) is 1. The predicted octanol–water partition coefficient (Wildman–Crippen LogP) is 4.31. The molecule has 0 bridgehead atoms. The number of aryl methyl sites for hydroxylation is 1. The summed E-state index contributed by atoms with van der Waals surface area (Å²) < 4.78 is 11.5. The summed E-state index contributed by atoms with van der Waals surface area (Å²) >= 11 is 0.